The molecule has 0 radical (unpaired) electrons. The van der Waals surface area contributed by atoms with Crippen LogP contribution >= 0.6 is 0 Å². The maximum atomic E-state index is 2.58. The average Bonchev–Trinajstić information content (AvgIpc) is 3.51. The Labute approximate surface area is 166 Å². The Morgan fingerprint density at radius 1 is 0.357 bits per heavy atom. The van der Waals surface area contributed by atoms with Gasteiger partial charge >= 0.3 is 0 Å². The average molecular weight is 358 g/mol. The van der Waals surface area contributed by atoms with Gasteiger partial charge in [-0.25, -0.2) is 0 Å². The third-order valence-electron chi connectivity index (χ3n) is 6.56. The van der Waals surface area contributed by atoms with Crippen LogP contribution in [0.2, 0.25) is 0 Å². The summed E-state index contributed by atoms with van der Waals surface area (Å²) < 4.78 is 0. The largest absolute Gasteiger partial charge is 0.0754 e. The lowest BCUT2D eigenvalue weighted by atomic mass is 9.77. The van der Waals surface area contributed by atoms with Crippen LogP contribution in [0.15, 0.2) is 109 Å². The maximum absolute atomic E-state index is 2.58. The van der Waals surface area contributed by atoms with Crippen LogP contribution in [-0.2, 0) is 0 Å². The van der Waals surface area contributed by atoms with Crippen molar-refractivity contribution in [2.24, 2.45) is 23.7 Å². The van der Waals surface area contributed by atoms with Crippen LogP contribution in [0.3, 0.4) is 0 Å². The van der Waals surface area contributed by atoms with Crippen molar-refractivity contribution in [2.45, 2.75) is 0 Å². The third-order valence-corrected chi connectivity index (χ3v) is 6.56. The van der Waals surface area contributed by atoms with Gasteiger partial charge in [0, 0.05) is 5.92 Å². The molecule has 1 fully saturated rings. The molecule has 0 nitrogen and oxygen atoms in total. The van der Waals surface area contributed by atoms with Gasteiger partial charge in [0.15, 0.2) is 0 Å². The molecule has 134 valence electrons. The van der Waals surface area contributed by atoms with Crippen molar-refractivity contribution in [1.82, 2.24) is 0 Å². The summed E-state index contributed by atoms with van der Waals surface area (Å²) in [5.74, 6) is 2.20. The van der Waals surface area contributed by atoms with E-state index in [1.807, 2.05) is 0 Å². The maximum Gasteiger partial charge on any atom is 0.0348 e. The van der Waals surface area contributed by atoms with Crippen LogP contribution in [0.5, 0.6) is 0 Å². The van der Waals surface area contributed by atoms with Crippen LogP contribution in [0.4, 0.5) is 0 Å². The Bertz CT molecular complexity index is 948. The van der Waals surface area contributed by atoms with Gasteiger partial charge < -0.3 is 0 Å². The molecule has 0 saturated heterocycles. The second-order valence-corrected chi connectivity index (χ2v) is 8.13. The lowest BCUT2D eigenvalue weighted by molar-refractivity contribution is 1.00. The predicted molar refractivity (Wildman–Crippen MR) is 117 cm³/mol. The fourth-order valence-corrected chi connectivity index (χ4v) is 5.15. The van der Waals surface area contributed by atoms with Crippen molar-refractivity contribution in [2.75, 3.05) is 0 Å². The topological polar surface area (TPSA) is 0 Å². The molecule has 4 bridgehead atoms. The van der Waals surface area contributed by atoms with Crippen LogP contribution in [0.25, 0.3) is 16.7 Å². The molecular formula is C28H22. The van der Waals surface area contributed by atoms with E-state index in [2.05, 4.69) is 109 Å². The van der Waals surface area contributed by atoms with Gasteiger partial charge in [0.25, 0.3) is 0 Å². The Morgan fingerprint density at radius 2 is 0.643 bits per heavy atom. The van der Waals surface area contributed by atoms with Crippen LogP contribution in [0.1, 0.15) is 16.7 Å². The van der Waals surface area contributed by atoms with Gasteiger partial charge in [0.1, 0.15) is 0 Å². The minimum Gasteiger partial charge on any atom is -0.0754 e. The van der Waals surface area contributed by atoms with Gasteiger partial charge in [-0.05, 0) is 51.2 Å². The molecule has 4 aliphatic carbocycles. The summed E-state index contributed by atoms with van der Waals surface area (Å²) >= 11 is 0. The Kier molecular flexibility index (Phi) is 3.52. The zero-order valence-corrected chi connectivity index (χ0v) is 15.7. The highest BCUT2D eigenvalue weighted by Gasteiger charge is 2.51. The molecule has 7 rings (SSSR count). The minimum absolute atomic E-state index is 0.284. The SMILES string of the molecule is C1=C(c2ccccc2)C2C(c3ccccc3)=CC3C1C3C=C2c1ccccc1. The van der Waals surface area contributed by atoms with E-state index < -0.39 is 0 Å². The molecule has 1 saturated carbocycles. The fraction of sp³-hybridized carbons (Fsp3) is 0.143. The highest BCUT2D eigenvalue weighted by Crippen LogP contribution is 2.61. The predicted octanol–water partition coefficient (Wildman–Crippen LogP) is 6.74. The standard InChI is InChI=1S/C28H22/c1-4-10-19(11-5-1)22-16-25-26-17-23(20-12-6-2-7-13-20)28(22)24(18-27(25)26)21-14-8-3-9-15-21/h1-18,25-28H. The normalized spacial score (nSPS) is 27.2. The summed E-state index contributed by atoms with van der Waals surface area (Å²) in [5.41, 5.74) is 8.47. The van der Waals surface area contributed by atoms with Gasteiger partial charge in [0.2, 0.25) is 0 Å². The highest BCUT2D eigenvalue weighted by molar-refractivity contribution is 5.98. The zero-order chi connectivity index (χ0) is 18.5. The van der Waals surface area contributed by atoms with Crippen molar-refractivity contribution in [3.05, 3.63) is 126 Å². The number of benzene rings is 3. The minimum atomic E-state index is 0.284. The van der Waals surface area contributed by atoms with E-state index in [0.717, 1.165) is 0 Å². The quantitative estimate of drug-likeness (QED) is 0.486. The summed E-state index contributed by atoms with van der Waals surface area (Å²) in [6.45, 7) is 0. The molecule has 28 heavy (non-hydrogen) atoms. The van der Waals surface area contributed by atoms with E-state index in [4.69, 9.17) is 0 Å². The van der Waals surface area contributed by atoms with Crippen molar-refractivity contribution >= 4 is 16.7 Å². The Hall–Kier alpha value is -3.12. The van der Waals surface area contributed by atoms with E-state index in [1.54, 1.807) is 0 Å². The molecule has 0 N–H and O–H groups in total. The van der Waals surface area contributed by atoms with E-state index in [0.29, 0.717) is 17.8 Å². The van der Waals surface area contributed by atoms with E-state index >= 15 is 0 Å². The number of hydrogen-bond donors (Lipinski definition) is 0. The van der Waals surface area contributed by atoms with Crippen LogP contribution in [-0.4, -0.2) is 0 Å². The lowest BCUT2D eigenvalue weighted by Gasteiger charge is -2.26. The first-order valence-corrected chi connectivity index (χ1v) is 10.2. The van der Waals surface area contributed by atoms with Crippen molar-refractivity contribution < 1.29 is 0 Å². The summed E-state index contributed by atoms with van der Waals surface area (Å²) in [6, 6.07) is 32.9. The number of hydrogen-bond acceptors (Lipinski definition) is 0. The zero-order valence-electron chi connectivity index (χ0n) is 15.7. The first-order chi connectivity index (χ1) is 13.9. The van der Waals surface area contributed by atoms with Crippen LogP contribution in [0, 0.1) is 23.7 Å². The van der Waals surface area contributed by atoms with Crippen molar-refractivity contribution in [1.29, 1.82) is 0 Å². The summed E-state index contributed by atoms with van der Waals surface area (Å²) in [6.07, 6.45) is 7.73. The monoisotopic (exact) mass is 358 g/mol. The van der Waals surface area contributed by atoms with Gasteiger partial charge in [-0.15, -0.1) is 0 Å². The molecule has 0 amide bonds. The highest BCUT2D eigenvalue weighted by atomic mass is 14.5. The van der Waals surface area contributed by atoms with Crippen molar-refractivity contribution in [3.63, 3.8) is 0 Å². The Balaban J connectivity index is 1.60. The molecule has 0 spiro atoms. The van der Waals surface area contributed by atoms with E-state index in [-0.39, 0.29) is 5.92 Å². The summed E-state index contributed by atoms with van der Waals surface area (Å²) in [7, 11) is 0. The molecule has 0 aromatic heterocycles. The second-order valence-electron chi connectivity index (χ2n) is 8.13. The van der Waals surface area contributed by atoms with Crippen molar-refractivity contribution in [3.8, 4) is 0 Å². The molecule has 0 unspecified atom stereocenters. The molecule has 0 atom stereocenters. The first-order valence-electron chi connectivity index (χ1n) is 10.2. The Morgan fingerprint density at radius 3 is 0.929 bits per heavy atom. The third kappa shape index (κ3) is 2.45. The molecule has 4 aliphatic rings. The van der Waals surface area contributed by atoms with E-state index in [1.165, 1.54) is 33.4 Å². The van der Waals surface area contributed by atoms with Gasteiger partial charge in [-0.3, -0.25) is 0 Å². The number of allylic oxidation sites excluding steroid dienone is 6. The molecule has 3 aromatic carbocycles. The molecule has 3 aromatic rings. The molecule has 0 heteroatoms. The second kappa shape index (κ2) is 6.21. The summed E-state index contributed by atoms with van der Waals surface area (Å²) in [5, 5.41) is 0. The number of rotatable bonds is 3. The van der Waals surface area contributed by atoms with Gasteiger partial charge in [-0.1, -0.05) is 109 Å². The molecule has 0 aliphatic heterocycles. The van der Waals surface area contributed by atoms with Gasteiger partial charge in [0.05, 0.1) is 0 Å². The van der Waals surface area contributed by atoms with E-state index in [9.17, 15) is 0 Å². The van der Waals surface area contributed by atoms with Crippen LogP contribution < -0.4 is 0 Å². The molecular weight excluding hydrogens is 336 g/mol. The first kappa shape index (κ1) is 15.9. The fourth-order valence-electron chi connectivity index (χ4n) is 5.15. The summed E-state index contributed by atoms with van der Waals surface area (Å²) in [4.78, 5) is 0. The van der Waals surface area contributed by atoms with Gasteiger partial charge in [-0.2, -0.15) is 0 Å². The molecule has 0 heterocycles. The lowest BCUT2D eigenvalue weighted by Crippen LogP contribution is -2.09. The smallest absolute Gasteiger partial charge is 0.0348 e.